The minimum atomic E-state index is -2.05. The van der Waals surface area contributed by atoms with Crippen molar-refractivity contribution < 1.29 is 10.2 Å². The van der Waals surface area contributed by atoms with Gasteiger partial charge in [-0.05, 0) is 30.0 Å². The van der Waals surface area contributed by atoms with Gasteiger partial charge in [0, 0.05) is 16.1 Å². The zero-order chi connectivity index (χ0) is 14.2. The standard InChI is InChI=1S/C16H16BrNO2/c17-14-8-4-3-7-13(14)16(19,20)18-15-10-9-11-5-1-2-6-12(11)15/h1-8,15,18-20H,9-10H2/t15-/m0/s1. The van der Waals surface area contributed by atoms with Gasteiger partial charge in [-0.15, -0.1) is 0 Å². The van der Waals surface area contributed by atoms with E-state index in [0.29, 0.717) is 10.0 Å². The number of nitrogens with one attached hydrogen (secondary N) is 1. The van der Waals surface area contributed by atoms with Crippen LogP contribution in [0.3, 0.4) is 0 Å². The molecule has 104 valence electrons. The zero-order valence-electron chi connectivity index (χ0n) is 10.9. The number of aryl methyl sites for hydroxylation is 1. The molecule has 3 nitrogen and oxygen atoms in total. The summed E-state index contributed by atoms with van der Waals surface area (Å²) in [6.07, 6.45) is 1.83. The van der Waals surface area contributed by atoms with Gasteiger partial charge in [-0.2, -0.15) is 0 Å². The van der Waals surface area contributed by atoms with Crippen molar-refractivity contribution >= 4 is 15.9 Å². The molecular weight excluding hydrogens is 318 g/mol. The minimum Gasteiger partial charge on any atom is -0.350 e. The quantitative estimate of drug-likeness (QED) is 0.757. The van der Waals surface area contributed by atoms with E-state index in [1.54, 1.807) is 18.2 Å². The van der Waals surface area contributed by atoms with E-state index in [1.165, 1.54) is 5.56 Å². The summed E-state index contributed by atoms with van der Waals surface area (Å²) in [6.45, 7) is 0. The van der Waals surface area contributed by atoms with Gasteiger partial charge in [0.1, 0.15) is 0 Å². The SMILES string of the molecule is OC(O)(N[C@H]1CCc2ccccc21)c1ccccc1Br. The summed E-state index contributed by atoms with van der Waals surface area (Å²) < 4.78 is 0.670. The molecule has 1 atom stereocenters. The summed E-state index contributed by atoms with van der Waals surface area (Å²) in [5.74, 6) is -2.05. The molecule has 20 heavy (non-hydrogen) atoms. The van der Waals surface area contributed by atoms with Crippen LogP contribution in [0.4, 0.5) is 0 Å². The van der Waals surface area contributed by atoms with E-state index in [1.807, 2.05) is 24.3 Å². The Morgan fingerprint density at radius 1 is 1.05 bits per heavy atom. The van der Waals surface area contributed by atoms with Crippen molar-refractivity contribution in [3.63, 3.8) is 0 Å². The number of hydrogen-bond donors (Lipinski definition) is 3. The number of aliphatic hydroxyl groups is 2. The van der Waals surface area contributed by atoms with Gasteiger partial charge >= 0.3 is 0 Å². The monoisotopic (exact) mass is 333 g/mol. The molecule has 3 rings (SSSR count). The molecule has 0 spiro atoms. The Hall–Kier alpha value is -1.20. The van der Waals surface area contributed by atoms with E-state index in [9.17, 15) is 10.2 Å². The van der Waals surface area contributed by atoms with E-state index < -0.39 is 5.91 Å². The number of halogens is 1. The van der Waals surface area contributed by atoms with Crippen LogP contribution < -0.4 is 5.32 Å². The van der Waals surface area contributed by atoms with Crippen molar-refractivity contribution in [1.82, 2.24) is 5.32 Å². The molecule has 2 aromatic rings. The molecule has 0 fully saturated rings. The summed E-state index contributed by atoms with van der Waals surface area (Å²) >= 11 is 3.35. The number of hydrogen-bond acceptors (Lipinski definition) is 3. The maximum absolute atomic E-state index is 10.4. The Labute approximate surface area is 126 Å². The zero-order valence-corrected chi connectivity index (χ0v) is 12.5. The van der Waals surface area contributed by atoms with Crippen LogP contribution in [-0.4, -0.2) is 10.2 Å². The van der Waals surface area contributed by atoms with Gasteiger partial charge in [-0.3, -0.25) is 5.32 Å². The summed E-state index contributed by atoms with van der Waals surface area (Å²) in [7, 11) is 0. The fourth-order valence-corrected chi connectivity index (χ4v) is 3.33. The third-order valence-corrected chi connectivity index (χ3v) is 4.45. The largest absolute Gasteiger partial charge is 0.350 e. The maximum atomic E-state index is 10.4. The van der Waals surface area contributed by atoms with Crippen molar-refractivity contribution in [1.29, 1.82) is 0 Å². The van der Waals surface area contributed by atoms with Crippen LogP contribution in [-0.2, 0) is 12.3 Å². The summed E-state index contributed by atoms with van der Waals surface area (Å²) in [5.41, 5.74) is 2.84. The van der Waals surface area contributed by atoms with E-state index in [2.05, 4.69) is 27.3 Å². The molecule has 0 saturated heterocycles. The number of benzene rings is 2. The molecule has 0 unspecified atom stereocenters. The average Bonchev–Trinajstić information content (AvgIpc) is 2.82. The topological polar surface area (TPSA) is 52.5 Å². The number of fused-ring (bicyclic) bond motifs is 1. The molecule has 0 aliphatic heterocycles. The third kappa shape index (κ3) is 2.52. The lowest BCUT2D eigenvalue weighted by atomic mass is 10.1. The van der Waals surface area contributed by atoms with Crippen LogP contribution in [0, 0.1) is 0 Å². The molecule has 0 radical (unpaired) electrons. The van der Waals surface area contributed by atoms with Crippen LogP contribution in [0.25, 0.3) is 0 Å². The van der Waals surface area contributed by atoms with Crippen molar-refractivity contribution in [2.45, 2.75) is 24.8 Å². The number of rotatable bonds is 3. The molecule has 1 aliphatic rings. The molecule has 2 aromatic carbocycles. The molecule has 3 N–H and O–H groups in total. The molecule has 0 aromatic heterocycles. The lowest BCUT2D eigenvalue weighted by Crippen LogP contribution is -2.44. The van der Waals surface area contributed by atoms with Crippen LogP contribution in [0.5, 0.6) is 0 Å². The smallest absolute Gasteiger partial charge is 0.252 e. The summed E-state index contributed by atoms with van der Waals surface area (Å²) in [5, 5.41) is 23.7. The van der Waals surface area contributed by atoms with E-state index in [0.717, 1.165) is 18.4 Å². The van der Waals surface area contributed by atoms with Gasteiger partial charge < -0.3 is 10.2 Å². The second-order valence-electron chi connectivity index (χ2n) is 5.09. The summed E-state index contributed by atoms with van der Waals surface area (Å²) in [6, 6.07) is 15.2. The van der Waals surface area contributed by atoms with Gasteiger partial charge in [0.15, 0.2) is 0 Å². The van der Waals surface area contributed by atoms with Crippen molar-refractivity contribution in [2.75, 3.05) is 0 Å². The van der Waals surface area contributed by atoms with E-state index in [-0.39, 0.29) is 6.04 Å². The Kier molecular flexibility index (Phi) is 3.65. The van der Waals surface area contributed by atoms with Crippen LogP contribution in [0.2, 0.25) is 0 Å². The first-order chi connectivity index (χ1) is 9.58. The first-order valence-electron chi connectivity index (χ1n) is 6.63. The molecular formula is C16H16BrNO2. The molecule has 0 heterocycles. The molecule has 0 bridgehead atoms. The highest BCUT2D eigenvalue weighted by atomic mass is 79.9. The van der Waals surface area contributed by atoms with Crippen LogP contribution in [0.15, 0.2) is 53.0 Å². The highest BCUT2D eigenvalue weighted by molar-refractivity contribution is 9.10. The van der Waals surface area contributed by atoms with E-state index in [4.69, 9.17) is 0 Å². The van der Waals surface area contributed by atoms with Gasteiger partial charge in [0.2, 0.25) is 0 Å². The molecule has 1 aliphatic carbocycles. The predicted molar refractivity (Wildman–Crippen MR) is 80.9 cm³/mol. The lowest BCUT2D eigenvalue weighted by molar-refractivity contribution is -0.202. The molecule has 4 heteroatoms. The Morgan fingerprint density at radius 3 is 2.55 bits per heavy atom. The van der Waals surface area contributed by atoms with Crippen LogP contribution >= 0.6 is 15.9 Å². The van der Waals surface area contributed by atoms with Crippen molar-refractivity contribution in [3.05, 3.63) is 69.7 Å². The Balaban J connectivity index is 1.87. The fourth-order valence-electron chi connectivity index (χ4n) is 2.77. The van der Waals surface area contributed by atoms with Gasteiger partial charge in [-0.25, -0.2) is 0 Å². The second kappa shape index (κ2) is 5.30. The molecule has 0 amide bonds. The highest BCUT2D eigenvalue weighted by Gasteiger charge is 2.33. The van der Waals surface area contributed by atoms with Crippen molar-refractivity contribution in [2.24, 2.45) is 0 Å². The second-order valence-corrected chi connectivity index (χ2v) is 5.94. The lowest BCUT2D eigenvalue weighted by Gasteiger charge is -2.28. The molecule has 0 saturated carbocycles. The average molecular weight is 334 g/mol. The third-order valence-electron chi connectivity index (χ3n) is 3.76. The Bertz CT molecular complexity index is 627. The first kappa shape index (κ1) is 13.8. The highest BCUT2D eigenvalue weighted by Crippen LogP contribution is 2.34. The maximum Gasteiger partial charge on any atom is 0.252 e. The first-order valence-corrected chi connectivity index (χ1v) is 7.42. The Morgan fingerprint density at radius 2 is 1.75 bits per heavy atom. The van der Waals surface area contributed by atoms with Gasteiger partial charge in [-0.1, -0.05) is 58.4 Å². The predicted octanol–water partition coefficient (Wildman–Crippen LogP) is 2.82. The normalized spacial score (nSPS) is 18.1. The summed E-state index contributed by atoms with van der Waals surface area (Å²) in [4.78, 5) is 0. The minimum absolute atomic E-state index is 0.0479. The van der Waals surface area contributed by atoms with E-state index >= 15 is 0 Å². The van der Waals surface area contributed by atoms with Gasteiger partial charge in [0.05, 0.1) is 0 Å². The van der Waals surface area contributed by atoms with Crippen molar-refractivity contribution in [3.8, 4) is 0 Å². The fraction of sp³-hybridized carbons (Fsp3) is 0.250. The van der Waals surface area contributed by atoms with Gasteiger partial charge in [0.25, 0.3) is 5.91 Å². The van der Waals surface area contributed by atoms with Crippen LogP contribution in [0.1, 0.15) is 29.2 Å².